The Kier molecular flexibility index (Phi) is 5.61. The van der Waals surface area contributed by atoms with Crippen molar-refractivity contribution in [1.29, 1.82) is 0 Å². The summed E-state index contributed by atoms with van der Waals surface area (Å²) in [7, 11) is -3.75. The summed E-state index contributed by atoms with van der Waals surface area (Å²) < 4.78 is 4.43. The third kappa shape index (κ3) is 6.50. The number of unbranched alkanes of at least 4 members (excludes halogenated alkanes) is 2. The largest absolute Gasteiger partial charge is 0.562 e. The first-order valence-electron chi connectivity index (χ1n) is 4.32. The van der Waals surface area contributed by atoms with Gasteiger partial charge in [0.2, 0.25) is 0 Å². The Morgan fingerprint density at radius 2 is 2.15 bits per heavy atom. The Morgan fingerprint density at radius 1 is 1.54 bits per heavy atom. The van der Waals surface area contributed by atoms with E-state index in [2.05, 4.69) is 11.0 Å². The van der Waals surface area contributed by atoms with Crippen LogP contribution in [0.15, 0.2) is 12.7 Å². The number of hydrogen-bond donors (Lipinski definition) is 2. The molecule has 0 aromatic rings. The molecule has 0 saturated heterocycles. The van der Waals surface area contributed by atoms with Crippen LogP contribution in [-0.2, 0) is 9.22 Å². The van der Waals surface area contributed by atoms with Crippen LogP contribution in [0.3, 0.4) is 0 Å². The molecule has 0 radical (unpaired) electrons. The highest BCUT2D eigenvalue weighted by Crippen LogP contribution is 2.10. The molecule has 0 heterocycles. The molecule has 0 aliphatic heterocycles. The summed E-state index contributed by atoms with van der Waals surface area (Å²) in [4.78, 5) is 29.1. The molecule has 0 atom stereocenters. The van der Waals surface area contributed by atoms with E-state index < -0.39 is 14.8 Å². The summed E-state index contributed by atoms with van der Waals surface area (Å²) in [6.45, 7) is 5.17. The minimum Gasteiger partial charge on any atom is -0.470 e. The lowest BCUT2D eigenvalue weighted by Crippen LogP contribution is -2.40. The molecule has 0 saturated carbocycles. The highest BCUT2D eigenvalue weighted by molar-refractivity contribution is 6.59. The third-order valence-corrected chi connectivity index (χ3v) is 3.07. The predicted molar refractivity (Wildman–Crippen MR) is 50.8 cm³/mol. The molecule has 0 bridgehead atoms. The summed E-state index contributed by atoms with van der Waals surface area (Å²) in [5.74, 6) is -0.770. The average molecular weight is 204 g/mol. The maximum atomic E-state index is 10.6. The zero-order chi connectivity index (χ0) is 10.3. The highest BCUT2D eigenvalue weighted by Gasteiger charge is 2.35. The lowest BCUT2D eigenvalue weighted by Gasteiger charge is -2.15. The number of hydrogen-bond acceptors (Lipinski definition) is 4. The van der Waals surface area contributed by atoms with Crippen LogP contribution in [-0.4, -0.2) is 24.4 Å². The molecule has 0 aromatic carbocycles. The van der Waals surface area contributed by atoms with Crippen molar-refractivity contribution in [3.8, 4) is 0 Å². The van der Waals surface area contributed by atoms with Crippen molar-refractivity contribution in [2.24, 2.45) is 0 Å². The van der Waals surface area contributed by atoms with Gasteiger partial charge in [-0.25, -0.2) is 4.79 Å². The molecule has 0 aromatic heterocycles. The molecule has 13 heavy (non-hydrogen) atoms. The van der Waals surface area contributed by atoms with Gasteiger partial charge >= 0.3 is 14.8 Å². The Labute approximate surface area is 79.2 Å². The minimum absolute atomic E-state index is 0.167. The summed E-state index contributed by atoms with van der Waals surface area (Å²) >= 11 is 0. The number of carbonyl (C=O) groups is 1. The first-order valence-corrected chi connectivity index (χ1v) is 6.33. The van der Waals surface area contributed by atoms with Gasteiger partial charge in [0.1, 0.15) is 0 Å². The van der Waals surface area contributed by atoms with Gasteiger partial charge in [-0.3, -0.25) is 0 Å². The van der Waals surface area contributed by atoms with Crippen LogP contribution >= 0.6 is 0 Å². The SMILES string of the molecule is C=CC(=O)O[Si](O)(O)CCCCC. The number of rotatable bonds is 6. The lowest BCUT2D eigenvalue weighted by molar-refractivity contribution is -0.132. The molecule has 4 nitrogen and oxygen atoms in total. The quantitative estimate of drug-likeness (QED) is 0.382. The van der Waals surface area contributed by atoms with Gasteiger partial charge in [-0.1, -0.05) is 26.3 Å². The van der Waals surface area contributed by atoms with Crippen molar-refractivity contribution in [3.63, 3.8) is 0 Å². The smallest absolute Gasteiger partial charge is 0.470 e. The van der Waals surface area contributed by atoms with E-state index in [-0.39, 0.29) is 6.04 Å². The molecule has 0 spiro atoms. The second kappa shape index (κ2) is 5.90. The zero-order valence-electron chi connectivity index (χ0n) is 7.82. The first kappa shape index (κ1) is 12.3. The Balaban J connectivity index is 3.78. The van der Waals surface area contributed by atoms with Gasteiger partial charge in [-0.15, -0.1) is 0 Å². The molecule has 0 aliphatic carbocycles. The van der Waals surface area contributed by atoms with E-state index in [1.165, 1.54) is 0 Å². The molecule has 0 fully saturated rings. The number of carbonyl (C=O) groups excluding carboxylic acids is 1. The van der Waals surface area contributed by atoms with E-state index in [1.807, 2.05) is 6.92 Å². The molecule has 76 valence electrons. The molecule has 0 amide bonds. The normalized spacial score (nSPS) is 11.0. The topological polar surface area (TPSA) is 66.8 Å². The molecule has 0 unspecified atom stereocenters. The van der Waals surface area contributed by atoms with E-state index in [0.717, 1.165) is 18.9 Å². The minimum atomic E-state index is -3.75. The summed E-state index contributed by atoms with van der Waals surface area (Å²) in [6, 6.07) is 0.167. The standard InChI is InChI=1S/C8H16O4Si/c1-3-5-6-7-13(10,11)12-8(9)4-2/h4,10-11H,2-3,5-7H2,1H3. The van der Waals surface area contributed by atoms with Gasteiger partial charge in [0.25, 0.3) is 0 Å². The van der Waals surface area contributed by atoms with Crippen LogP contribution in [0.4, 0.5) is 0 Å². The van der Waals surface area contributed by atoms with Crippen LogP contribution in [0.25, 0.3) is 0 Å². The monoisotopic (exact) mass is 204 g/mol. The highest BCUT2D eigenvalue weighted by atomic mass is 28.4. The zero-order valence-corrected chi connectivity index (χ0v) is 8.82. The van der Waals surface area contributed by atoms with Crippen molar-refractivity contribution in [1.82, 2.24) is 0 Å². The molecule has 0 aliphatic rings. The van der Waals surface area contributed by atoms with E-state index in [1.54, 1.807) is 0 Å². The van der Waals surface area contributed by atoms with Gasteiger partial charge in [-0.2, -0.15) is 0 Å². The Hall–Kier alpha value is -0.653. The van der Waals surface area contributed by atoms with Gasteiger partial charge in [0.05, 0.1) is 0 Å². The average Bonchev–Trinajstić information content (AvgIpc) is 2.03. The van der Waals surface area contributed by atoms with Crippen molar-refractivity contribution < 1.29 is 18.8 Å². The first-order chi connectivity index (χ1) is 6.02. The van der Waals surface area contributed by atoms with Crippen molar-refractivity contribution in [2.45, 2.75) is 32.2 Å². The second-order valence-electron chi connectivity index (χ2n) is 2.83. The van der Waals surface area contributed by atoms with Crippen molar-refractivity contribution in [3.05, 3.63) is 12.7 Å². The van der Waals surface area contributed by atoms with Gasteiger partial charge in [0, 0.05) is 12.1 Å². The van der Waals surface area contributed by atoms with E-state index in [4.69, 9.17) is 0 Å². The molecular formula is C8H16O4Si. The summed E-state index contributed by atoms with van der Waals surface area (Å²) in [5, 5.41) is 0. The van der Waals surface area contributed by atoms with E-state index >= 15 is 0 Å². The molecular weight excluding hydrogens is 188 g/mol. The fraction of sp³-hybridized carbons (Fsp3) is 0.625. The lowest BCUT2D eigenvalue weighted by atomic mass is 10.3. The maximum Gasteiger partial charge on any atom is 0.562 e. The fourth-order valence-corrected chi connectivity index (χ4v) is 2.08. The Morgan fingerprint density at radius 3 is 2.62 bits per heavy atom. The van der Waals surface area contributed by atoms with Gasteiger partial charge < -0.3 is 14.0 Å². The van der Waals surface area contributed by atoms with Crippen LogP contribution in [0, 0.1) is 0 Å². The van der Waals surface area contributed by atoms with Crippen molar-refractivity contribution in [2.75, 3.05) is 0 Å². The maximum absolute atomic E-state index is 10.6. The van der Waals surface area contributed by atoms with E-state index in [0.29, 0.717) is 6.42 Å². The van der Waals surface area contributed by atoms with Gasteiger partial charge in [-0.05, 0) is 6.42 Å². The molecule has 5 heteroatoms. The second-order valence-corrected chi connectivity index (χ2v) is 5.02. The third-order valence-electron chi connectivity index (χ3n) is 1.54. The summed E-state index contributed by atoms with van der Waals surface area (Å²) in [6.07, 6.45) is 3.48. The molecule has 2 N–H and O–H groups in total. The Bertz CT molecular complexity index is 179. The summed E-state index contributed by atoms with van der Waals surface area (Å²) in [5.41, 5.74) is 0. The van der Waals surface area contributed by atoms with Crippen molar-refractivity contribution >= 4 is 14.8 Å². The van der Waals surface area contributed by atoms with Gasteiger partial charge in [0.15, 0.2) is 0 Å². The molecule has 0 rings (SSSR count). The fourth-order valence-electron chi connectivity index (χ4n) is 0.859. The van der Waals surface area contributed by atoms with E-state index in [9.17, 15) is 14.4 Å². The van der Waals surface area contributed by atoms with Crippen LogP contribution in [0.1, 0.15) is 26.2 Å². The predicted octanol–water partition coefficient (Wildman–Crippen LogP) is 0.829. The van der Waals surface area contributed by atoms with Crippen LogP contribution in [0.2, 0.25) is 6.04 Å². The van der Waals surface area contributed by atoms with Crippen LogP contribution in [0.5, 0.6) is 0 Å². The van der Waals surface area contributed by atoms with Crippen LogP contribution < -0.4 is 0 Å².